The van der Waals surface area contributed by atoms with E-state index in [0.717, 1.165) is 16.6 Å². The molecule has 1 aromatic heterocycles. The van der Waals surface area contributed by atoms with Crippen molar-refractivity contribution < 1.29 is 0 Å². The maximum atomic E-state index is 11.1. The Morgan fingerprint density at radius 3 is 2.71 bits per heavy atom. The van der Waals surface area contributed by atoms with Gasteiger partial charge in [-0.2, -0.15) is 0 Å². The number of benzene rings is 1. The van der Waals surface area contributed by atoms with Gasteiger partial charge < -0.3 is 9.97 Å². The Balaban J connectivity index is 2.30. The largest absolute Gasteiger partial charge is 0.323 e. The van der Waals surface area contributed by atoms with Crippen molar-refractivity contribution in [3.05, 3.63) is 34.2 Å². The van der Waals surface area contributed by atoms with Crippen LogP contribution in [-0.4, -0.2) is 16.0 Å². The van der Waals surface area contributed by atoms with Crippen LogP contribution in [0.1, 0.15) is 25.5 Å². The molecular formula is C13H15N3O. The molecule has 2 unspecified atom stereocenters. The van der Waals surface area contributed by atoms with E-state index < -0.39 is 0 Å². The third-order valence-electron chi connectivity index (χ3n) is 2.79. The van der Waals surface area contributed by atoms with E-state index in [2.05, 4.69) is 21.2 Å². The Bertz CT molecular complexity index is 617. The van der Waals surface area contributed by atoms with Crippen LogP contribution in [0.2, 0.25) is 0 Å². The van der Waals surface area contributed by atoms with Gasteiger partial charge in [0.25, 0.3) is 0 Å². The highest BCUT2D eigenvalue weighted by Gasteiger charge is 2.09. The molecule has 0 spiro atoms. The first-order valence-corrected chi connectivity index (χ1v) is 5.54. The SMILES string of the molecule is C#CC(C)NC(C)c1ccc2[nH]c(=O)[nH]c2c1. The summed E-state index contributed by atoms with van der Waals surface area (Å²) in [4.78, 5) is 16.6. The van der Waals surface area contributed by atoms with Crippen LogP contribution < -0.4 is 11.0 Å². The fraction of sp³-hybridized carbons (Fsp3) is 0.308. The summed E-state index contributed by atoms with van der Waals surface area (Å²) < 4.78 is 0. The molecule has 0 aliphatic heterocycles. The highest BCUT2D eigenvalue weighted by atomic mass is 16.1. The van der Waals surface area contributed by atoms with Crippen molar-refractivity contribution in [2.45, 2.75) is 25.9 Å². The van der Waals surface area contributed by atoms with E-state index in [4.69, 9.17) is 6.42 Å². The number of H-pyrrole nitrogens is 2. The van der Waals surface area contributed by atoms with Crippen molar-refractivity contribution in [2.75, 3.05) is 0 Å². The van der Waals surface area contributed by atoms with E-state index in [1.54, 1.807) is 0 Å². The third kappa shape index (κ3) is 2.40. The number of aromatic amines is 2. The summed E-state index contributed by atoms with van der Waals surface area (Å²) in [5, 5.41) is 3.28. The first-order chi connectivity index (χ1) is 8.10. The maximum Gasteiger partial charge on any atom is 0.323 e. The molecule has 0 bridgehead atoms. The Morgan fingerprint density at radius 1 is 1.29 bits per heavy atom. The number of nitrogens with one attached hydrogen (secondary N) is 3. The molecule has 4 heteroatoms. The van der Waals surface area contributed by atoms with Gasteiger partial charge in [0.15, 0.2) is 0 Å². The van der Waals surface area contributed by atoms with Gasteiger partial charge in [0.1, 0.15) is 0 Å². The quantitative estimate of drug-likeness (QED) is 0.699. The molecule has 0 amide bonds. The zero-order chi connectivity index (χ0) is 12.4. The molecule has 0 fully saturated rings. The monoisotopic (exact) mass is 229 g/mol. The molecule has 0 radical (unpaired) electrons. The molecule has 2 atom stereocenters. The van der Waals surface area contributed by atoms with Gasteiger partial charge in [-0.05, 0) is 31.5 Å². The molecule has 4 nitrogen and oxygen atoms in total. The van der Waals surface area contributed by atoms with E-state index in [1.165, 1.54) is 0 Å². The maximum absolute atomic E-state index is 11.1. The van der Waals surface area contributed by atoms with Crippen molar-refractivity contribution >= 4 is 11.0 Å². The fourth-order valence-electron chi connectivity index (χ4n) is 1.84. The Kier molecular flexibility index (Phi) is 3.03. The molecular weight excluding hydrogens is 214 g/mol. The number of terminal acetylenes is 1. The van der Waals surface area contributed by atoms with Crippen LogP contribution in [0, 0.1) is 12.3 Å². The first-order valence-electron chi connectivity index (χ1n) is 5.54. The van der Waals surface area contributed by atoms with Crippen LogP contribution in [0.4, 0.5) is 0 Å². The second-order valence-corrected chi connectivity index (χ2v) is 4.16. The van der Waals surface area contributed by atoms with Crippen molar-refractivity contribution in [1.82, 2.24) is 15.3 Å². The molecule has 1 heterocycles. The molecule has 88 valence electrons. The molecule has 3 N–H and O–H groups in total. The highest BCUT2D eigenvalue weighted by molar-refractivity contribution is 5.75. The van der Waals surface area contributed by atoms with Crippen LogP contribution in [0.15, 0.2) is 23.0 Å². The topological polar surface area (TPSA) is 60.7 Å². The van der Waals surface area contributed by atoms with Crippen molar-refractivity contribution in [2.24, 2.45) is 0 Å². The molecule has 0 saturated carbocycles. The summed E-state index contributed by atoms with van der Waals surface area (Å²) in [7, 11) is 0. The van der Waals surface area contributed by atoms with Crippen LogP contribution in [0.3, 0.4) is 0 Å². The van der Waals surface area contributed by atoms with E-state index in [-0.39, 0.29) is 17.8 Å². The number of fused-ring (bicyclic) bond motifs is 1. The molecule has 2 aromatic rings. The summed E-state index contributed by atoms with van der Waals surface area (Å²) in [5.41, 5.74) is 2.54. The Hall–Kier alpha value is -1.99. The number of aromatic nitrogens is 2. The molecule has 17 heavy (non-hydrogen) atoms. The average molecular weight is 229 g/mol. The van der Waals surface area contributed by atoms with Crippen LogP contribution in [0.5, 0.6) is 0 Å². The summed E-state index contributed by atoms with van der Waals surface area (Å²) in [6.45, 7) is 3.98. The van der Waals surface area contributed by atoms with Crippen molar-refractivity contribution in [1.29, 1.82) is 0 Å². The van der Waals surface area contributed by atoms with Gasteiger partial charge in [0.2, 0.25) is 0 Å². The zero-order valence-corrected chi connectivity index (χ0v) is 9.87. The van der Waals surface area contributed by atoms with E-state index in [0.29, 0.717) is 0 Å². The van der Waals surface area contributed by atoms with Crippen LogP contribution >= 0.6 is 0 Å². The lowest BCUT2D eigenvalue weighted by atomic mass is 10.1. The van der Waals surface area contributed by atoms with Gasteiger partial charge in [0, 0.05) is 6.04 Å². The minimum absolute atomic E-state index is 0.0194. The van der Waals surface area contributed by atoms with Gasteiger partial charge in [-0.15, -0.1) is 6.42 Å². The number of rotatable bonds is 3. The van der Waals surface area contributed by atoms with Gasteiger partial charge in [-0.1, -0.05) is 12.0 Å². The fourth-order valence-corrected chi connectivity index (χ4v) is 1.84. The summed E-state index contributed by atoms with van der Waals surface area (Å²) in [6, 6.07) is 5.98. The molecule has 1 aromatic carbocycles. The van der Waals surface area contributed by atoms with Gasteiger partial charge in [-0.3, -0.25) is 5.32 Å². The number of hydrogen-bond acceptors (Lipinski definition) is 2. The van der Waals surface area contributed by atoms with Crippen LogP contribution in [-0.2, 0) is 0 Å². The van der Waals surface area contributed by atoms with Crippen molar-refractivity contribution in [3.63, 3.8) is 0 Å². The third-order valence-corrected chi connectivity index (χ3v) is 2.79. The lowest BCUT2D eigenvalue weighted by Crippen LogP contribution is -2.27. The van der Waals surface area contributed by atoms with E-state index in [1.807, 2.05) is 32.0 Å². The van der Waals surface area contributed by atoms with Crippen LogP contribution in [0.25, 0.3) is 11.0 Å². The summed E-state index contributed by atoms with van der Waals surface area (Å²) in [6.07, 6.45) is 5.33. The summed E-state index contributed by atoms with van der Waals surface area (Å²) >= 11 is 0. The number of hydrogen-bond donors (Lipinski definition) is 3. The van der Waals surface area contributed by atoms with Gasteiger partial charge in [-0.25, -0.2) is 4.79 Å². The minimum Gasteiger partial charge on any atom is -0.306 e. The Morgan fingerprint density at radius 2 is 2.00 bits per heavy atom. The Labute approximate surface area is 99.4 Å². The minimum atomic E-state index is -0.185. The normalized spacial score (nSPS) is 14.4. The average Bonchev–Trinajstić information content (AvgIpc) is 2.67. The lowest BCUT2D eigenvalue weighted by Gasteiger charge is -2.16. The molecule has 2 rings (SSSR count). The predicted molar refractivity (Wildman–Crippen MR) is 68.8 cm³/mol. The molecule has 0 aliphatic rings. The van der Waals surface area contributed by atoms with Crippen molar-refractivity contribution in [3.8, 4) is 12.3 Å². The highest BCUT2D eigenvalue weighted by Crippen LogP contribution is 2.17. The first kappa shape index (κ1) is 11.5. The zero-order valence-electron chi connectivity index (χ0n) is 9.87. The van der Waals surface area contributed by atoms with Gasteiger partial charge in [0.05, 0.1) is 17.1 Å². The van der Waals surface area contributed by atoms with Gasteiger partial charge >= 0.3 is 5.69 Å². The predicted octanol–water partition coefficient (Wildman–Crippen LogP) is 1.53. The van der Waals surface area contributed by atoms with E-state index >= 15 is 0 Å². The molecule has 0 saturated heterocycles. The summed E-state index contributed by atoms with van der Waals surface area (Å²) in [5.74, 6) is 2.63. The smallest absolute Gasteiger partial charge is 0.306 e. The second-order valence-electron chi connectivity index (χ2n) is 4.16. The number of imidazole rings is 1. The van der Waals surface area contributed by atoms with E-state index in [9.17, 15) is 4.79 Å². The molecule has 0 aliphatic carbocycles. The lowest BCUT2D eigenvalue weighted by molar-refractivity contribution is 0.546. The second kappa shape index (κ2) is 4.48. The standard InChI is InChI=1S/C13H15N3O/c1-4-8(2)14-9(3)10-5-6-11-12(7-10)16-13(17)15-11/h1,5-9,14H,2-3H3,(H2,15,16,17).